The molecule has 8 nitrogen and oxygen atoms in total. The van der Waals surface area contributed by atoms with Gasteiger partial charge >= 0.3 is 6.09 Å². The molecule has 2 amide bonds. The first kappa shape index (κ1) is 24.2. The molecule has 1 saturated heterocycles. The molecule has 1 aliphatic rings. The fraction of sp³-hybridized carbons (Fsp3) is 0.714. The molecule has 3 N–H and O–H groups in total. The van der Waals surface area contributed by atoms with Gasteiger partial charge in [0.1, 0.15) is 28.4 Å². The lowest BCUT2D eigenvalue weighted by Crippen LogP contribution is -2.48. The highest BCUT2D eigenvalue weighted by atomic mass is 35.5. The van der Waals surface area contributed by atoms with Gasteiger partial charge in [-0.25, -0.2) is 14.8 Å². The lowest BCUT2D eigenvalue weighted by molar-refractivity contribution is -0.133. The zero-order chi connectivity index (χ0) is 22.5. The Labute approximate surface area is 183 Å². The number of aryl methyl sites for hydroxylation is 1. The largest absolute Gasteiger partial charge is 0.444 e. The maximum Gasteiger partial charge on any atom is 0.408 e. The minimum atomic E-state index is -0.625. The average molecular weight is 440 g/mol. The minimum Gasteiger partial charge on any atom is -0.444 e. The molecule has 2 heterocycles. The molecular weight excluding hydrogens is 406 g/mol. The molecule has 1 fully saturated rings. The van der Waals surface area contributed by atoms with Crippen molar-refractivity contribution in [1.82, 2.24) is 20.2 Å². The number of nitrogens with zero attached hydrogens (tertiary/aromatic N) is 3. The SMILES string of the molecule is Cc1nc(N)c(CCC2CCCN(C(=O)[C@H](C)NC(=O)OC(C)(C)C)CC2)c(Cl)n1. The van der Waals surface area contributed by atoms with Crippen molar-refractivity contribution in [3.8, 4) is 0 Å². The zero-order valence-corrected chi connectivity index (χ0v) is 19.4. The van der Waals surface area contributed by atoms with Crippen LogP contribution in [0.5, 0.6) is 0 Å². The number of hydrogen-bond donors (Lipinski definition) is 2. The van der Waals surface area contributed by atoms with Crippen molar-refractivity contribution in [2.75, 3.05) is 18.8 Å². The van der Waals surface area contributed by atoms with Crippen LogP contribution in [0.4, 0.5) is 10.6 Å². The van der Waals surface area contributed by atoms with E-state index in [1.54, 1.807) is 34.6 Å². The van der Waals surface area contributed by atoms with Crippen LogP contribution in [0.25, 0.3) is 0 Å². The first-order chi connectivity index (χ1) is 14.0. The number of ether oxygens (including phenoxy) is 1. The second-order valence-electron chi connectivity index (χ2n) is 8.95. The second-order valence-corrected chi connectivity index (χ2v) is 9.31. The van der Waals surface area contributed by atoms with Crippen LogP contribution in [-0.2, 0) is 16.0 Å². The summed E-state index contributed by atoms with van der Waals surface area (Å²) in [5.41, 5.74) is 6.21. The van der Waals surface area contributed by atoms with Gasteiger partial charge in [-0.15, -0.1) is 0 Å². The molecule has 1 aromatic heterocycles. The molecule has 9 heteroatoms. The second kappa shape index (κ2) is 10.3. The average Bonchev–Trinajstić information content (AvgIpc) is 2.84. The Morgan fingerprint density at radius 2 is 2.00 bits per heavy atom. The molecule has 0 bridgehead atoms. The van der Waals surface area contributed by atoms with Gasteiger partial charge in [0.05, 0.1) is 0 Å². The van der Waals surface area contributed by atoms with E-state index in [1.165, 1.54) is 0 Å². The number of aromatic nitrogens is 2. The normalized spacial score (nSPS) is 18.5. The van der Waals surface area contributed by atoms with Gasteiger partial charge in [-0.1, -0.05) is 11.6 Å². The zero-order valence-electron chi connectivity index (χ0n) is 18.6. The summed E-state index contributed by atoms with van der Waals surface area (Å²) in [4.78, 5) is 34.9. The third-order valence-electron chi connectivity index (χ3n) is 5.17. The van der Waals surface area contributed by atoms with E-state index in [9.17, 15) is 9.59 Å². The molecule has 0 aromatic carbocycles. The monoisotopic (exact) mass is 439 g/mol. The Balaban J connectivity index is 1.85. The molecule has 2 rings (SSSR count). The summed E-state index contributed by atoms with van der Waals surface area (Å²) in [5, 5.41) is 3.06. The molecule has 0 aliphatic carbocycles. The van der Waals surface area contributed by atoms with Crippen LogP contribution in [0.15, 0.2) is 0 Å². The van der Waals surface area contributed by atoms with E-state index in [-0.39, 0.29) is 5.91 Å². The fourth-order valence-electron chi connectivity index (χ4n) is 3.66. The Kier molecular flexibility index (Phi) is 8.29. The van der Waals surface area contributed by atoms with E-state index in [2.05, 4.69) is 15.3 Å². The number of alkyl carbamates (subject to hydrolysis) is 1. The number of halogens is 1. The number of likely N-dealkylation sites (tertiary alicyclic amines) is 1. The fourth-order valence-corrected chi connectivity index (χ4v) is 3.97. The Morgan fingerprint density at radius 1 is 1.30 bits per heavy atom. The van der Waals surface area contributed by atoms with Crippen molar-refractivity contribution in [3.63, 3.8) is 0 Å². The lowest BCUT2D eigenvalue weighted by atomic mass is 9.93. The summed E-state index contributed by atoms with van der Waals surface area (Å²) in [6.45, 7) is 10.2. The Morgan fingerprint density at radius 3 is 2.63 bits per heavy atom. The van der Waals surface area contributed by atoms with Crippen molar-refractivity contribution in [1.29, 1.82) is 0 Å². The number of anilines is 1. The Bertz CT molecular complexity index is 742. The molecule has 168 valence electrons. The predicted octanol–water partition coefficient (Wildman–Crippen LogP) is 3.50. The van der Waals surface area contributed by atoms with E-state index in [0.29, 0.717) is 35.8 Å². The van der Waals surface area contributed by atoms with Gasteiger partial charge in [0.25, 0.3) is 0 Å². The van der Waals surface area contributed by atoms with Crippen LogP contribution >= 0.6 is 11.6 Å². The van der Waals surface area contributed by atoms with Crippen LogP contribution < -0.4 is 11.1 Å². The van der Waals surface area contributed by atoms with Crippen LogP contribution in [0.3, 0.4) is 0 Å². The van der Waals surface area contributed by atoms with E-state index >= 15 is 0 Å². The van der Waals surface area contributed by atoms with Crippen molar-refractivity contribution in [2.24, 2.45) is 5.92 Å². The smallest absolute Gasteiger partial charge is 0.408 e. The molecule has 0 saturated carbocycles. The molecule has 2 atom stereocenters. The first-order valence-corrected chi connectivity index (χ1v) is 10.9. The quantitative estimate of drug-likeness (QED) is 0.679. The summed E-state index contributed by atoms with van der Waals surface area (Å²) < 4.78 is 5.24. The third kappa shape index (κ3) is 7.31. The summed E-state index contributed by atoms with van der Waals surface area (Å²) in [6.07, 6.45) is 3.91. The third-order valence-corrected chi connectivity index (χ3v) is 5.48. The molecule has 1 aliphatic heterocycles. The lowest BCUT2D eigenvalue weighted by Gasteiger charge is -2.26. The summed E-state index contributed by atoms with van der Waals surface area (Å²) in [6, 6.07) is -0.625. The van der Waals surface area contributed by atoms with Crippen LogP contribution in [0.1, 0.15) is 64.8 Å². The maximum atomic E-state index is 12.8. The van der Waals surface area contributed by atoms with Crippen molar-refractivity contribution >= 4 is 29.4 Å². The standard InChI is InChI=1S/C21H34ClN5O3/c1-13(24-20(29)30-21(3,4)5)19(28)27-11-6-7-15(10-12-27)8-9-16-17(22)25-14(2)26-18(16)23/h13,15H,6-12H2,1-5H3,(H,24,29)(H2,23,25,26)/t13-,15?/m0/s1. The summed E-state index contributed by atoms with van der Waals surface area (Å²) in [5.74, 6) is 1.40. The molecule has 1 aromatic rings. The number of carbonyl (C=O) groups excluding carboxylic acids is 2. The van der Waals surface area contributed by atoms with Gasteiger partial charge in [-0.2, -0.15) is 0 Å². The molecular formula is C21H34ClN5O3. The highest BCUT2D eigenvalue weighted by Gasteiger charge is 2.27. The summed E-state index contributed by atoms with van der Waals surface area (Å²) >= 11 is 6.24. The van der Waals surface area contributed by atoms with Crippen molar-refractivity contribution in [3.05, 3.63) is 16.5 Å². The number of nitrogens with one attached hydrogen (secondary N) is 1. The van der Waals surface area contributed by atoms with Crippen molar-refractivity contribution < 1.29 is 14.3 Å². The molecule has 0 spiro atoms. The first-order valence-electron chi connectivity index (χ1n) is 10.5. The van der Waals surface area contributed by atoms with Gasteiger partial charge in [-0.3, -0.25) is 4.79 Å². The van der Waals surface area contributed by atoms with E-state index < -0.39 is 17.7 Å². The van der Waals surface area contributed by atoms with E-state index in [1.807, 2.05) is 4.90 Å². The minimum absolute atomic E-state index is 0.0827. The topological polar surface area (TPSA) is 110 Å². The number of hydrogen-bond acceptors (Lipinski definition) is 6. The maximum absolute atomic E-state index is 12.8. The Hall–Kier alpha value is -2.09. The highest BCUT2D eigenvalue weighted by Crippen LogP contribution is 2.27. The molecule has 1 unspecified atom stereocenters. The van der Waals surface area contributed by atoms with E-state index in [0.717, 1.165) is 37.7 Å². The number of nitrogens with two attached hydrogens (primary N) is 1. The van der Waals surface area contributed by atoms with Gasteiger partial charge in [0, 0.05) is 18.7 Å². The number of amides is 2. The number of nitrogen functional groups attached to an aromatic ring is 1. The van der Waals surface area contributed by atoms with Gasteiger partial charge in [0.15, 0.2) is 0 Å². The molecule has 30 heavy (non-hydrogen) atoms. The molecule has 0 radical (unpaired) electrons. The summed E-state index contributed by atoms with van der Waals surface area (Å²) in [7, 11) is 0. The van der Waals surface area contributed by atoms with Gasteiger partial charge < -0.3 is 20.7 Å². The van der Waals surface area contributed by atoms with Gasteiger partial charge in [-0.05, 0) is 72.6 Å². The number of carbonyl (C=O) groups is 2. The van der Waals surface area contributed by atoms with Crippen LogP contribution in [0, 0.1) is 12.8 Å². The predicted molar refractivity (Wildman–Crippen MR) is 117 cm³/mol. The van der Waals surface area contributed by atoms with Crippen LogP contribution in [0.2, 0.25) is 5.15 Å². The highest BCUT2D eigenvalue weighted by molar-refractivity contribution is 6.30. The number of rotatable bonds is 5. The van der Waals surface area contributed by atoms with Crippen molar-refractivity contribution in [2.45, 2.75) is 78.4 Å². The van der Waals surface area contributed by atoms with Gasteiger partial charge in [0.2, 0.25) is 5.91 Å². The van der Waals surface area contributed by atoms with E-state index in [4.69, 9.17) is 22.1 Å². The van der Waals surface area contributed by atoms with Crippen LogP contribution in [-0.4, -0.2) is 51.6 Å².